The van der Waals surface area contributed by atoms with Gasteiger partial charge in [0.1, 0.15) is 5.69 Å². The average Bonchev–Trinajstić information content (AvgIpc) is 2.38. The van der Waals surface area contributed by atoms with Crippen LogP contribution in [0.4, 0.5) is 0 Å². The Balaban J connectivity index is 2.62. The number of rotatable bonds is 3. The highest BCUT2D eigenvalue weighted by Gasteiger charge is 2.11. The van der Waals surface area contributed by atoms with E-state index in [9.17, 15) is 4.79 Å². The smallest absolute Gasteiger partial charge is 0.254 e. The number of aryl methyl sites for hydroxylation is 2. The van der Waals surface area contributed by atoms with Crippen molar-refractivity contribution in [3.63, 3.8) is 0 Å². The fraction of sp³-hybridized carbons (Fsp3) is 0.357. The first-order chi connectivity index (χ1) is 8.67. The summed E-state index contributed by atoms with van der Waals surface area (Å²) in [6.07, 6.45) is 3.27. The van der Waals surface area contributed by atoms with Gasteiger partial charge >= 0.3 is 0 Å². The van der Waals surface area contributed by atoms with E-state index >= 15 is 0 Å². The number of hydrogen-bond donors (Lipinski definition) is 1. The predicted octanol–water partition coefficient (Wildman–Crippen LogP) is 2.27. The molecule has 4 nitrogen and oxygen atoms in total. The molecule has 2 aromatic rings. The van der Waals surface area contributed by atoms with Gasteiger partial charge in [0.2, 0.25) is 0 Å². The first-order valence-corrected chi connectivity index (χ1v) is 6.21. The van der Waals surface area contributed by atoms with Gasteiger partial charge in [0.25, 0.3) is 5.56 Å². The molecule has 2 rings (SSSR count). The van der Waals surface area contributed by atoms with Crippen molar-refractivity contribution in [1.82, 2.24) is 15.0 Å². The number of nitrogens with one attached hydrogen (secondary N) is 1. The van der Waals surface area contributed by atoms with Crippen LogP contribution in [-0.4, -0.2) is 15.0 Å². The van der Waals surface area contributed by atoms with Crippen molar-refractivity contribution in [2.24, 2.45) is 0 Å². The Hall–Kier alpha value is -1.97. The molecule has 0 amide bonds. The first kappa shape index (κ1) is 12.5. The molecule has 0 unspecified atom stereocenters. The van der Waals surface area contributed by atoms with Crippen molar-refractivity contribution in [3.8, 4) is 11.5 Å². The van der Waals surface area contributed by atoms with Crippen LogP contribution in [0.15, 0.2) is 23.1 Å². The third kappa shape index (κ3) is 2.18. The zero-order valence-electron chi connectivity index (χ0n) is 10.9. The summed E-state index contributed by atoms with van der Waals surface area (Å²) in [4.78, 5) is 23.6. The molecule has 1 N–H and O–H groups in total. The number of aromatic nitrogens is 3. The van der Waals surface area contributed by atoms with Crippen LogP contribution in [0.5, 0.6) is 0 Å². The summed E-state index contributed by atoms with van der Waals surface area (Å²) in [6.45, 7) is 5.88. The summed E-state index contributed by atoms with van der Waals surface area (Å²) >= 11 is 0. The molecule has 0 spiro atoms. The Bertz CT molecular complexity index is 617. The Labute approximate surface area is 106 Å². The lowest BCUT2D eigenvalue weighted by Crippen LogP contribution is -2.17. The maximum absolute atomic E-state index is 11.9. The maximum Gasteiger partial charge on any atom is 0.254 e. The Morgan fingerprint density at radius 2 is 2.06 bits per heavy atom. The van der Waals surface area contributed by atoms with Gasteiger partial charge in [-0.3, -0.25) is 9.78 Å². The van der Waals surface area contributed by atoms with Crippen LogP contribution in [0.1, 0.15) is 30.7 Å². The minimum atomic E-state index is -0.0623. The molecule has 0 aliphatic carbocycles. The fourth-order valence-electron chi connectivity index (χ4n) is 2.08. The highest BCUT2D eigenvalue weighted by atomic mass is 16.1. The molecule has 2 heterocycles. The van der Waals surface area contributed by atoms with E-state index in [1.54, 1.807) is 6.20 Å². The van der Waals surface area contributed by atoms with Gasteiger partial charge in [-0.1, -0.05) is 19.9 Å². The lowest BCUT2D eigenvalue weighted by atomic mass is 10.1. The van der Waals surface area contributed by atoms with Gasteiger partial charge in [0.05, 0.1) is 0 Å². The highest BCUT2D eigenvalue weighted by molar-refractivity contribution is 5.54. The van der Waals surface area contributed by atoms with Gasteiger partial charge in [0.15, 0.2) is 5.82 Å². The molecule has 0 bridgehead atoms. The summed E-state index contributed by atoms with van der Waals surface area (Å²) in [7, 11) is 0. The van der Waals surface area contributed by atoms with E-state index in [0.717, 1.165) is 28.9 Å². The standard InChI is InChI=1S/C14H17N3O/c1-4-10-7-6-8-15-12(10)13-16-9(3)11(5-2)14(18)17-13/h6-8H,4-5H2,1-3H3,(H,16,17,18). The molecule has 0 saturated heterocycles. The van der Waals surface area contributed by atoms with E-state index in [0.29, 0.717) is 12.2 Å². The third-order valence-corrected chi connectivity index (χ3v) is 3.07. The van der Waals surface area contributed by atoms with Crippen molar-refractivity contribution in [2.75, 3.05) is 0 Å². The lowest BCUT2D eigenvalue weighted by Gasteiger charge is -2.08. The van der Waals surface area contributed by atoms with Crippen molar-refractivity contribution in [2.45, 2.75) is 33.6 Å². The first-order valence-electron chi connectivity index (χ1n) is 6.21. The second-order valence-corrected chi connectivity index (χ2v) is 4.20. The minimum absolute atomic E-state index is 0.0623. The molecular weight excluding hydrogens is 226 g/mol. The number of hydrogen-bond acceptors (Lipinski definition) is 3. The zero-order valence-corrected chi connectivity index (χ0v) is 10.9. The maximum atomic E-state index is 11.9. The SMILES string of the molecule is CCc1cccnc1-c1nc(C)c(CC)c(=O)[nH]1. The molecule has 0 radical (unpaired) electrons. The van der Waals surface area contributed by atoms with Gasteiger partial charge in [-0.15, -0.1) is 0 Å². The van der Waals surface area contributed by atoms with Crippen LogP contribution in [0.25, 0.3) is 11.5 Å². The minimum Gasteiger partial charge on any atom is -0.305 e. The predicted molar refractivity (Wildman–Crippen MR) is 71.6 cm³/mol. The molecule has 0 aliphatic rings. The Morgan fingerprint density at radius 1 is 1.28 bits per heavy atom. The van der Waals surface area contributed by atoms with Crippen molar-refractivity contribution < 1.29 is 0 Å². The normalized spacial score (nSPS) is 10.6. The largest absolute Gasteiger partial charge is 0.305 e. The number of pyridine rings is 1. The second-order valence-electron chi connectivity index (χ2n) is 4.20. The summed E-state index contributed by atoms with van der Waals surface area (Å²) in [6, 6.07) is 3.90. The summed E-state index contributed by atoms with van der Waals surface area (Å²) in [5, 5.41) is 0. The lowest BCUT2D eigenvalue weighted by molar-refractivity contribution is 0.955. The van der Waals surface area contributed by atoms with Crippen LogP contribution in [0.2, 0.25) is 0 Å². The monoisotopic (exact) mass is 243 g/mol. The molecule has 94 valence electrons. The van der Waals surface area contributed by atoms with Gasteiger partial charge in [-0.2, -0.15) is 0 Å². The molecular formula is C14H17N3O. The van der Waals surface area contributed by atoms with E-state index in [4.69, 9.17) is 0 Å². The number of aromatic amines is 1. The molecule has 0 aromatic carbocycles. The summed E-state index contributed by atoms with van der Waals surface area (Å²) < 4.78 is 0. The van der Waals surface area contributed by atoms with Gasteiger partial charge in [-0.25, -0.2) is 4.98 Å². The van der Waals surface area contributed by atoms with Crippen LogP contribution >= 0.6 is 0 Å². The molecule has 2 aromatic heterocycles. The Morgan fingerprint density at radius 3 is 2.67 bits per heavy atom. The van der Waals surface area contributed by atoms with Crippen molar-refractivity contribution in [3.05, 3.63) is 45.5 Å². The fourth-order valence-corrected chi connectivity index (χ4v) is 2.08. The van der Waals surface area contributed by atoms with Crippen molar-refractivity contribution >= 4 is 0 Å². The Kier molecular flexibility index (Phi) is 3.55. The van der Waals surface area contributed by atoms with E-state index in [-0.39, 0.29) is 5.56 Å². The third-order valence-electron chi connectivity index (χ3n) is 3.07. The van der Waals surface area contributed by atoms with Gasteiger partial charge in [-0.05, 0) is 31.4 Å². The second kappa shape index (κ2) is 5.12. The van der Waals surface area contributed by atoms with Gasteiger partial charge < -0.3 is 4.98 Å². The summed E-state index contributed by atoms with van der Waals surface area (Å²) in [5.74, 6) is 0.562. The van der Waals surface area contributed by atoms with E-state index < -0.39 is 0 Å². The van der Waals surface area contributed by atoms with Crippen molar-refractivity contribution in [1.29, 1.82) is 0 Å². The molecule has 0 atom stereocenters. The van der Waals surface area contributed by atoms with Gasteiger partial charge in [0, 0.05) is 17.5 Å². The molecule has 4 heteroatoms. The van der Waals surface area contributed by atoms with E-state index in [1.165, 1.54) is 0 Å². The van der Waals surface area contributed by atoms with E-state index in [1.807, 2.05) is 26.0 Å². The van der Waals surface area contributed by atoms with Crippen LogP contribution < -0.4 is 5.56 Å². The molecule has 18 heavy (non-hydrogen) atoms. The topological polar surface area (TPSA) is 58.6 Å². The van der Waals surface area contributed by atoms with Crippen LogP contribution in [0, 0.1) is 6.92 Å². The average molecular weight is 243 g/mol. The summed E-state index contributed by atoms with van der Waals surface area (Å²) in [5.41, 5.74) is 3.32. The van der Waals surface area contributed by atoms with Crippen LogP contribution in [0.3, 0.4) is 0 Å². The molecule has 0 saturated carbocycles. The molecule has 0 aliphatic heterocycles. The van der Waals surface area contributed by atoms with E-state index in [2.05, 4.69) is 21.9 Å². The molecule has 0 fully saturated rings. The zero-order chi connectivity index (χ0) is 13.1. The quantitative estimate of drug-likeness (QED) is 0.899. The van der Waals surface area contributed by atoms with Crippen LogP contribution in [-0.2, 0) is 12.8 Å². The number of H-pyrrole nitrogens is 1. The number of nitrogens with zero attached hydrogens (tertiary/aromatic N) is 2. The highest BCUT2D eigenvalue weighted by Crippen LogP contribution is 2.17.